The summed E-state index contributed by atoms with van der Waals surface area (Å²) >= 11 is 0. The van der Waals surface area contributed by atoms with Crippen molar-refractivity contribution in [1.82, 2.24) is 24.8 Å². The minimum absolute atomic E-state index is 0.0568. The summed E-state index contributed by atoms with van der Waals surface area (Å²) in [5.41, 5.74) is -4.11. The zero-order valence-electron chi connectivity index (χ0n) is 34.4. The second-order valence-corrected chi connectivity index (χ2v) is 19.7. The van der Waals surface area contributed by atoms with Gasteiger partial charge in [0, 0.05) is 24.6 Å². The lowest BCUT2D eigenvalue weighted by atomic mass is 9.81. The highest BCUT2D eigenvalue weighted by Crippen LogP contribution is 2.48. The van der Waals surface area contributed by atoms with Crippen LogP contribution in [0.15, 0.2) is 36.5 Å². The molecule has 3 fully saturated rings. The van der Waals surface area contributed by atoms with Gasteiger partial charge in [0.1, 0.15) is 40.8 Å². The maximum absolute atomic E-state index is 15.5. The largest absolute Gasteiger partial charge is 0.494 e. The third kappa shape index (κ3) is 8.29. The van der Waals surface area contributed by atoms with E-state index in [2.05, 4.69) is 15.0 Å². The van der Waals surface area contributed by atoms with Crippen molar-refractivity contribution in [1.29, 1.82) is 0 Å². The van der Waals surface area contributed by atoms with E-state index in [-0.39, 0.29) is 49.4 Å². The first-order valence-electron chi connectivity index (χ1n) is 20.0. The van der Waals surface area contributed by atoms with Gasteiger partial charge < -0.3 is 24.8 Å². The molecule has 2 aromatic rings. The molecular weight excluding hydrogens is 796 g/mol. The number of carbonyl (C=O) groups is 4. The normalized spacial score (nSPS) is 28.7. The van der Waals surface area contributed by atoms with Crippen LogP contribution in [0.4, 0.5) is 18.0 Å². The molecule has 1 aromatic carbocycles. The summed E-state index contributed by atoms with van der Waals surface area (Å²) in [4.78, 5) is 63.0. The average molecular weight is 850 g/mol. The van der Waals surface area contributed by atoms with Crippen molar-refractivity contribution in [2.24, 2.45) is 17.8 Å². The molecule has 0 bridgehead atoms. The zero-order valence-corrected chi connectivity index (χ0v) is 35.2. The summed E-state index contributed by atoms with van der Waals surface area (Å²) in [6.45, 7) is 7.52. The highest BCUT2D eigenvalue weighted by atomic mass is 32.2. The number of sulfonamides is 1. The number of hydrogen-bond acceptors (Lipinski definition) is 9. The number of pyridine rings is 1. The molecule has 6 rings (SSSR count). The van der Waals surface area contributed by atoms with E-state index >= 15 is 13.6 Å². The molecule has 2 aliphatic carbocycles. The van der Waals surface area contributed by atoms with Crippen LogP contribution in [0.1, 0.15) is 92.9 Å². The van der Waals surface area contributed by atoms with Gasteiger partial charge in [-0.25, -0.2) is 31.4 Å². The molecule has 3 N–H and O–H groups in total. The van der Waals surface area contributed by atoms with Gasteiger partial charge in [0.15, 0.2) is 0 Å². The number of nitrogens with one attached hydrogen (secondary N) is 2. The molecule has 0 spiro atoms. The fourth-order valence-electron chi connectivity index (χ4n) is 8.42. The standard InChI is InChI=1S/C41H54F3N5O9S/c1-8-24-17-23(2)11-9-10-12-25-20-41(25,36(52)47-59(55,56)39(5)15-16-39)46-33(50)30-19-27(58-34-29-18-26(42)13-14-28(29)31(57-7)21-45-34)22-48(30)35(51)32(24)49(37(53)54)38(3,4)40(6,43)44/h10,12-14,18,21,23-25,27,30,32H,8-9,11,15-17,19-20,22H2,1-7H3,(H,46,50)(H,47,52)(H,53,54)/t23-,24+,25+,27+,30-,32-,41+/m0/s1. The molecule has 4 amide bonds. The number of hydrogen-bond donors (Lipinski definition) is 3. The Balaban J connectivity index is 1.45. The van der Waals surface area contributed by atoms with Crippen LogP contribution in [0.5, 0.6) is 11.6 Å². The Kier molecular flexibility index (Phi) is 11.8. The summed E-state index contributed by atoms with van der Waals surface area (Å²) in [5, 5.41) is 14.1. The lowest BCUT2D eigenvalue weighted by Crippen LogP contribution is -2.67. The van der Waals surface area contributed by atoms with Crippen molar-refractivity contribution in [3.8, 4) is 11.6 Å². The molecule has 0 unspecified atom stereocenters. The SMILES string of the molecule is CC[C@@H]1C[C@@H](C)CCC=C[C@@H]2C[C@@]2(C(=O)NS(=O)(=O)C2(C)CC2)NC(=O)[C@@H]2C[C@@H](Oc3ncc(OC)c4ccc(F)cc34)CN2C(=O)[C@H]1N(C(=O)O)C(C)(C)C(C)(F)F. The Morgan fingerprint density at radius 1 is 1.15 bits per heavy atom. The molecule has 7 atom stereocenters. The van der Waals surface area contributed by atoms with E-state index in [1.54, 1.807) is 13.0 Å². The second-order valence-electron chi connectivity index (χ2n) is 17.5. The molecular formula is C41H54F3N5O9S. The van der Waals surface area contributed by atoms with E-state index in [0.29, 0.717) is 48.6 Å². The number of alkyl halides is 2. The summed E-state index contributed by atoms with van der Waals surface area (Å²) in [5.74, 6) is -8.17. The fraction of sp³-hybridized carbons (Fsp3) is 0.634. The number of ether oxygens (including phenoxy) is 2. The maximum Gasteiger partial charge on any atom is 0.408 e. The molecule has 1 saturated heterocycles. The molecule has 18 heteroatoms. The van der Waals surface area contributed by atoms with E-state index in [1.807, 2.05) is 13.0 Å². The Morgan fingerprint density at radius 3 is 2.46 bits per heavy atom. The highest BCUT2D eigenvalue weighted by Gasteiger charge is 2.63. The van der Waals surface area contributed by atoms with E-state index in [4.69, 9.17) is 9.47 Å². The molecule has 2 aliphatic heterocycles. The summed E-state index contributed by atoms with van der Waals surface area (Å²) in [6.07, 6.45) is 4.28. The van der Waals surface area contributed by atoms with Crippen LogP contribution in [0.2, 0.25) is 0 Å². The Hall–Kier alpha value is -4.61. The molecule has 59 heavy (non-hydrogen) atoms. The molecule has 0 radical (unpaired) electrons. The summed E-state index contributed by atoms with van der Waals surface area (Å²) in [7, 11) is -2.70. The van der Waals surface area contributed by atoms with Crippen LogP contribution in [-0.4, -0.2) is 106 Å². The monoisotopic (exact) mass is 849 g/mol. The lowest BCUT2D eigenvalue weighted by Gasteiger charge is -2.47. The second kappa shape index (κ2) is 15.8. The first-order chi connectivity index (χ1) is 27.5. The van der Waals surface area contributed by atoms with Crippen LogP contribution in [0.3, 0.4) is 0 Å². The summed E-state index contributed by atoms with van der Waals surface area (Å²) < 4.78 is 84.7. The van der Waals surface area contributed by atoms with Gasteiger partial charge in [0.2, 0.25) is 27.7 Å². The van der Waals surface area contributed by atoms with Crippen LogP contribution in [-0.2, 0) is 24.4 Å². The average Bonchev–Trinajstić information content (AvgIpc) is 4.03. The number of carboxylic acid groups (broad SMARTS) is 1. The predicted octanol–water partition coefficient (Wildman–Crippen LogP) is 5.79. The smallest absolute Gasteiger partial charge is 0.408 e. The third-order valence-electron chi connectivity index (χ3n) is 13.0. The maximum atomic E-state index is 15.5. The van der Waals surface area contributed by atoms with Gasteiger partial charge in [0.05, 0.1) is 30.0 Å². The van der Waals surface area contributed by atoms with Crippen molar-refractivity contribution in [3.63, 3.8) is 0 Å². The number of fused-ring (bicyclic) bond motifs is 3. The van der Waals surface area contributed by atoms with E-state index in [0.717, 1.165) is 18.7 Å². The molecule has 324 valence electrons. The third-order valence-corrected chi connectivity index (χ3v) is 15.2. The van der Waals surface area contributed by atoms with E-state index < -0.39 is 91.4 Å². The van der Waals surface area contributed by atoms with Gasteiger partial charge >= 0.3 is 6.09 Å². The van der Waals surface area contributed by atoms with Crippen LogP contribution in [0.25, 0.3) is 10.8 Å². The molecule has 2 saturated carbocycles. The minimum atomic E-state index is -4.12. The number of amides is 4. The molecule has 14 nitrogen and oxygen atoms in total. The Bertz CT molecular complexity index is 2140. The quantitative estimate of drug-likeness (QED) is 0.248. The predicted molar refractivity (Wildman–Crippen MR) is 211 cm³/mol. The Labute approximate surface area is 342 Å². The van der Waals surface area contributed by atoms with Crippen LogP contribution < -0.4 is 19.5 Å². The van der Waals surface area contributed by atoms with E-state index in [1.165, 1.54) is 38.4 Å². The van der Waals surface area contributed by atoms with Crippen LogP contribution >= 0.6 is 0 Å². The first kappa shape index (κ1) is 44.0. The number of nitrogens with zero attached hydrogens (tertiary/aromatic N) is 3. The number of carbonyl (C=O) groups excluding carboxylic acids is 3. The van der Waals surface area contributed by atoms with Crippen molar-refractivity contribution >= 4 is 44.6 Å². The van der Waals surface area contributed by atoms with Crippen molar-refractivity contribution in [2.45, 2.75) is 133 Å². The Morgan fingerprint density at radius 2 is 1.85 bits per heavy atom. The van der Waals surface area contributed by atoms with E-state index in [9.17, 15) is 32.3 Å². The number of allylic oxidation sites excluding steroid dienone is 1. The topological polar surface area (TPSA) is 185 Å². The molecule has 1 aromatic heterocycles. The summed E-state index contributed by atoms with van der Waals surface area (Å²) in [6, 6.07) is 0.744. The van der Waals surface area contributed by atoms with Gasteiger partial charge in [0.25, 0.3) is 11.8 Å². The van der Waals surface area contributed by atoms with Crippen molar-refractivity contribution in [3.05, 3.63) is 42.4 Å². The molecule has 4 aliphatic rings. The first-order valence-corrected chi connectivity index (χ1v) is 21.5. The minimum Gasteiger partial charge on any atom is -0.494 e. The molecule has 3 heterocycles. The number of aromatic nitrogens is 1. The fourth-order valence-corrected chi connectivity index (χ4v) is 9.74. The highest BCUT2D eigenvalue weighted by molar-refractivity contribution is 7.91. The zero-order chi connectivity index (χ0) is 43.5. The number of methoxy groups -OCH3 is 1. The van der Waals surface area contributed by atoms with Crippen molar-refractivity contribution < 1.29 is 55.3 Å². The number of rotatable bonds is 10. The number of halogens is 3. The lowest BCUT2D eigenvalue weighted by molar-refractivity contribution is -0.157. The van der Waals surface area contributed by atoms with Crippen LogP contribution in [0, 0.1) is 23.6 Å². The van der Waals surface area contributed by atoms with Gasteiger partial charge in [-0.15, -0.1) is 0 Å². The van der Waals surface area contributed by atoms with Gasteiger partial charge in [-0.1, -0.05) is 32.4 Å². The van der Waals surface area contributed by atoms with Gasteiger partial charge in [-0.3, -0.25) is 24.0 Å². The van der Waals surface area contributed by atoms with Gasteiger partial charge in [-0.2, -0.15) is 0 Å². The van der Waals surface area contributed by atoms with Gasteiger partial charge in [-0.05, 0) is 89.3 Å². The number of benzene rings is 1. The van der Waals surface area contributed by atoms with Crippen molar-refractivity contribution in [2.75, 3.05) is 13.7 Å².